The molecule has 2 heterocycles. The van der Waals surface area contributed by atoms with Crippen LogP contribution in [0.5, 0.6) is 0 Å². The van der Waals surface area contributed by atoms with Gasteiger partial charge in [0.15, 0.2) is 0 Å². The van der Waals surface area contributed by atoms with Crippen molar-refractivity contribution in [1.29, 1.82) is 0 Å². The molecule has 0 saturated heterocycles. The van der Waals surface area contributed by atoms with Crippen molar-refractivity contribution in [2.75, 3.05) is 0 Å². The molecule has 5 rings (SSSR count). The van der Waals surface area contributed by atoms with E-state index in [2.05, 4.69) is 22.9 Å². The van der Waals surface area contributed by atoms with Crippen molar-refractivity contribution >= 4 is 34.0 Å². The van der Waals surface area contributed by atoms with Crippen LogP contribution >= 0.6 is 0 Å². The Hall–Kier alpha value is -3.92. The topological polar surface area (TPSA) is 39.8 Å². The summed E-state index contributed by atoms with van der Waals surface area (Å²) >= 11 is 0. The highest BCUT2D eigenvalue weighted by atomic mass is 16.1. The lowest BCUT2D eigenvalue weighted by atomic mass is 10.1. The molecular formula is C26H21N3O. The van der Waals surface area contributed by atoms with Crippen LogP contribution in [0.1, 0.15) is 17.0 Å². The number of aromatic nitrogens is 3. The van der Waals surface area contributed by atoms with Gasteiger partial charge in [0.2, 0.25) is 0 Å². The van der Waals surface area contributed by atoms with Crippen LogP contribution in [-0.4, -0.2) is 14.1 Å². The van der Waals surface area contributed by atoms with Gasteiger partial charge in [0, 0.05) is 29.7 Å². The first-order valence-electron chi connectivity index (χ1n) is 9.96. The molecule has 0 N–H and O–H groups in total. The fourth-order valence-electron chi connectivity index (χ4n) is 3.90. The van der Waals surface area contributed by atoms with Crippen LogP contribution in [0.25, 0.3) is 34.0 Å². The number of hydrogen-bond donors (Lipinski definition) is 0. The van der Waals surface area contributed by atoms with Crippen LogP contribution in [-0.2, 0) is 13.6 Å². The Bertz CT molecular complexity index is 1440. The Balaban J connectivity index is 1.66. The van der Waals surface area contributed by atoms with E-state index in [4.69, 9.17) is 4.98 Å². The zero-order chi connectivity index (χ0) is 20.5. The molecule has 0 fully saturated rings. The maximum Gasteiger partial charge on any atom is 0.261 e. The van der Waals surface area contributed by atoms with Gasteiger partial charge in [-0.1, -0.05) is 60.7 Å². The summed E-state index contributed by atoms with van der Waals surface area (Å²) in [4.78, 5) is 18.1. The van der Waals surface area contributed by atoms with Gasteiger partial charge in [0.05, 0.1) is 17.4 Å². The molecule has 146 valence electrons. The third kappa shape index (κ3) is 3.22. The summed E-state index contributed by atoms with van der Waals surface area (Å²) in [7, 11) is 2.04. The summed E-state index contributed by atoms with van der Waals surface area (Å²) in [6.07, 6.45) is 6.08. The van der Waals surface area contributed by atoms with E-state index >= 15 is 0 Å². The molecule has 0 saturated carbocycles. The number of aryl methyl sites for hydroxylation is 1. The summed E-state index contributed by atoms with van der Waals surface area (Å²) in [5.74, 6) is 0.649. The zero-order valence-electron chi connectivity index (χ0n) is 16.7. The van der Waals surface area contributed by atoms with Crippen molar-refractivity contribution in [3.05, 3.63) is 112 Å². The maximum absolute atomic E-state index is 13.3. The summed E-state index contributed by atoms with van der Waals surface area (Å²) in [5, 5.41) is 1.81. The Morgan fingerprint density at radius 3 is 2.37 bits per heavy atom. The van der Waals surface area contributed by atoms with Gasteiger partial charge < -0.3 is 4.57 Å². The maximum atomic E-state index is 13.3. The van der Waals surface area contributed by atoms with Gasteiger partial charge in [-0.25, -0.2) is 4.98 Å². The average molecular weight is 391 g/mol. The largest absolute Gasteiger partial charge is 0.350 e. The molecule has 0 aliphatic heterocycles. The van der Waals surface area contributed by atoms with Gasteiger partial charge in [-0.15, -0.1) is 0 Å². The molecule has 2 aromatic heterocycles. The van der Waals surface area contributed by atoms with Crippen molar-refractivity contribution in [1.82, 2.24) is 14.1 Å². The summed E-state index contributed by atoms with van der Waals surface area (Å²) in [5.41, 5.74) is 4.02. The number of benzene rings is 3. The van der Waals surface area contributed by atoms with E-state index < -0.39 is 0 Å². The summed E-state index contributed by atoms with van der Waals surface area (Å²) in [6.45, 7) is 0.479. The highest BCUT2D eigenvalue weighted by molar-refractivity contribution is 5.92. The Morgan fingerprint density at radius 2 is 1.53 bits per heavy atom. The van der Waals surface area contributed by atoms with Crippen LogP contribution in [0.3, 0.4) is 0 Å². The van der Waals surface area contributed by atoms with Gasteiger partial charge >= 0.3 is 0 Å². The minimum atomic E-state index is -0.0259. The Kier molecular flexibility index (Phi) is 4.52. The van der Waals surface area contributed by atoms with Crippen LogP contribution in [0.2, 0.25) is 0 Å². The molecule has 0 bridgehead atoms. The van der Waals surface area contributed by atoms with Crippen molar-refractivity contribution in [2.45, 2.75) is 6.54 Å². The van der Waals surface area contributed by atoms with E-state index in [1.54, 1.807) is 4.57 Å². The number of para-hydroxylation sites is 2. The van der Waals surface area contributed by atoms with Crippen molar-refractivity contribution in [3.8, 4) is 0 Å². The SMILES string of the molecule is Cn1cc(/C=C/c2nc3ccccc3c(=O)n2Cc2ccccc2)c2ccccc21. The lowest BCUT2D eigenvalue weighted by molar-refractivity contribution is 0.738. The second-order valence-corrected chi connectivity index (χ2v) is 7.41. The van der Waals surface area contributed by atoms with Gasteiger partial charge in [0.25, 0.3) is 5.56 Å². The Labute approximate surface area is 174 Å². The third-order valence-electron chi connectivity index (χ3n) is 5.41. The second kappa shape index (κ2) is 7.48. The monoisotopic (exact) mass is 391 g/mol. The fourth-order valence-corrected chi connectivity index (χ4v) is 3.90. The second-order valence-electron chi connectivity index (χ2n) is 7.41. The molecule has 0 aliphatic carbocycles. The zero-order valence-corrected chi connectivity index (χ0v) is 16.7. The number of fused-ring (bicyclic) bond motifs is 2. The highest BCUT2D eigenvalue weighted by Gasteiger charge is 2.10. The molecule has 0 atom stereocenters. The number of rotatable bonds is 4. The first-order chi connectivity index (χ1) is 14.7. The standard InChI is InChI=1S/C26H21N3O/c1-28-18-20(21-11-6-8-14-24(21)28)15-16-25-27-23-13-7-5-12-22(23)26(30)29(25)17-19-9-3-2-4-10-19/h2-16,18H,17H2,1H3/b16-15+. The minimum Gasteiger partial charge on any atom is -0.350 e. The van der Waals surface area contributed by atoms with Gasteiger partial charge in [-0.05, 0) is 35.9 Å². The molecule has 0 radical (unpaired) electrons. The van der Waals surface area contributed by atoms with Crippen molar-refractivity contribution < 1.29 is 0 Å². The van der Waals surface area contributed by atoms with Crippen LogP contribution in [0, 0.1) is 0 Å². The minimum absolute atomic E-state index is 0.0259. The number of nitrogens with zero attached hydrogens (tertiary/aromatic N) is 3. The molecule has 4 heteroatoms. The van der Waals surface area contributed by atoms with E-state index in [9.17, 15) is 4.79 Å². The molecule has 0 amide bonds. The molecular weight excluding hydrogens is 370 g/mol. The van der Waals surface area contributed by atoms with Crippen LogP contribution in [0.15, 0.2) is 89.9 Å². The van der Waals surface area contributed by atoms with Gasteiger partial charge in [0.1, 0.15) is 5.82 Å². The van der Waals surface area contributed by atoms with Crippen LogP contribution in [0.4, 0.5) is 0 Å². The highest BCUT2D eigenvalue weighted by Crippen LogP contribution is 2.22. The lowest BCUT2D eigenvalue weighted by Gasteiger charge is -2.11. The van der Waals surface area contributed by atoms with Crippen LogP contribution < -0.4 is 5.56 Å². The summed E-state index contributed by atoms with van der Waals surface area (Å²) < 4.78 is 3.86. The predicted octanol–water partition coefficient (Wildman–Crippen LogP) is 5.11. The molecule has 0 unspecified atom stereocenters. The van der Waals surface area contributed by atoms with Gasteiger partial charge in [-0.3, -0.25) is 9.36 Å². The summed E-state index contributed by atoms with van der Waals surface area (Å²) in [6, 6.07) is 25.8. The van der Waals surface area contributed by atoms with Gasteiger partial charge in [-0.2, -0.15) is 0 Å². The normalized spacial score (nSPS) is 11.6. The smallest absolute Gasteiger partial charge is 0.261 e. The first kappa shape index (κ1) is 18.1. The molecule has 5 aromatic rings. The number of hydrogen-bond acceptors (Lipinski definition) is 2. The third-order valence-corrected chi connectivity index (χ3v) is 5.41. The molecule has 30 heavy (non-hydrogen) atoms. The van der Waals surface area contributed by atoms with Crippen molar-refractivity contribution in [3.63, 3.8) is 0 Å². The molecule has 0 aliphatic rings. The fraction of sp³-hybridized carbons (Fsp3) is 0.0769. The first-order valence-corrected chi connectivity index (χ1v) is 9.96. The van der Waals surface area contributed by atoms with E-state index in [1.807, 2.05) is 85.9 Å². The Morgan fingerprint density at radius 1 is 0.833 bits per heavy atom. The molecule has 4 nitrogen and oxygen atoms in total. The predicted molar refractivity (Wildman–Crippen MR) is 123 cm³/mol. The molecule has 0 spiro atoms. The van der Waals surface area contributed by atoms with E-state index in [0.717, 1.165) is 11.1 Å². The van der Waals surface area contributed by atoms with Crippen molar-refractivity contribution in [2.24, 2.45) is 7.05 Å². The quantitative estimate of drug-likeness (QED) is 0.427. The molecule has 3 aromatic carbocycles. The van der Waals surface area contributed by atoms with E-state index in [-0.39, 0.29) is 5.56 Å². The van der Waals surface area contributed by atoms with E-state index in [0.29, 0.717) is 23.3 Å². The van der Waals surface area contributed by atoms with E-state index in [1.165, 1.54) is 10.9 Å². The average Bonchev–Trinajstić information content (AvgIpc) is 3.11. The lowest BCUT2D eigenvalue weighted by Crippen LogP contribution is -2.24.